The van der Waals surface area contributed by atoms with E-state index in [0.717, 1.165) is 16.8 Å². The maximum Gasteiger partial charge on any atom is 0.411 e. The number of benzene rings is 2. The summed E-state index contributed by atoms with van der Waals surface area (Å²) in [6.45, 7) is 1.85. The van der Waals surface area contributed by atoms with E-state index in [4.69, 9.17) is 16.6 Å². The molecule has 2 aromatic carbocycles. The third-order valence-electron chi connectivity index (χ3n) is 5.52. The molecule has 180 valence electrons. The Morgan fingerprint density at radius 1 is 1.14 bits per heavy atom. The number of nitrogens with one attached hydrogen (secondary N) is 2. The molecule has 9 heteroatoms. The Kier molecular flexibility index (Phi) is 7.84. The molecule has 2 heterocycles. The quantitative estimate of drug-likeness (QED) is 0.277. The molecule has 2 N–H and O–H groups in total. The number of halogens is 1. The summed E-state index contributed by atoms with van der Waals surface area (Å²) in [6, 6.07) is 18.7. The molecule has 35 heavy (non-hydrogen) atoms. The summed E-state index contributed by atoms with van der Waals surface area (Å²) < 4.78 is 4.63. The Morgan fingerprint density at radius 3 is 2.51 bits per heavy atom. The van der Waals surface area contributed by atoms with Crippen LogP contribution in [0.15, 0.2) is 71.4 Å². The van der Waals surface area contributed by atoms with Gasteiger partial charge in [0.15, 0.2) is 0 Å². The van der Waals surface area contributed by atoms with Crippen molar-refractivity contribution in [1.82, 2.24) is 9.97 Å². The van der Waals surface area contributed by atoms with Gasteiger partial charge in [-0.1, -0.05) is 61.0 Å². The van der Waals surface area contributed by atoms with Crippen molar-refractivity contribution >= 4 is 46.3 Å². The highest BCUT2D eigenvalue weighted by Gasteiger charge is 2.30. The maximum atomic E-state index is 13.1. The number of ether oxygens (including phenoxy) is 1. The van der Waals surface area contributed by atoms with E-state index < -0.39 is 6.09 Å². The Balaban J connectivity index is 1.72. The van der Waals surface area contributed by atoms with Crippen molar-refractivity contribution in [2.75, 3.05) is 17.3 Å². The topological polar surface area (TPSA) is 87.3 Å². The molecule has 0 saturated heterocycles. The lowest BCUT2D eigenvalue weighted by Crippen LogP contribution is -2.36. The molecule has 2 amide bonds. The highest BCUT2D eigenvalue weighted by atomic mass is 35.5. The fourth-order valence-corrected chi connectivity index (χ4v) is 4.68. The van der Waals surface area contributed by atoms with E-state index in [1.807, 2.05) is 66.2 Å². The summed E-state index contributed by atoms with van der Waals surface area (Å²) in [4.78, 5) is 34.4. The lowest BCUT2D eigenvalue weighted by molar-refractivity contribution is -0.118. The number of imidazole rings is 1. The molecule has 1 unspecified atom stereocenters. The van der Waals surface area contributed by atoms with Gasteiger partial charge in [-0.05, 0) is 29.1 Å². The summed E-state index contributed by atoms with van der Waals surface area (Å²) >= 11 is 8.14. The SMILES string of the molecule is CCC(=O)N(c1ccsc1)C(Cc1ccccc1)c1nc(-c2ccc(NC(=O)OC)cc2)c(Cl)[nH]1. The van der Waals surface area contributed by atoms with Crippen molar-refractivity contribution in [3.63, 3.8) is 0 Å². The van der Waals surface area contributed by atoms with Crippen LogP contribution in [-0.4, -0.2) is 29.1 Å². The predicted octanol–water partition coefficient (Wildman–Crippen LogP) is 6.70. The van der Waals surface area contributed by atoms with Crippen molar-refractivity contribution in [3.05, 3.63) is 88.0 Å². The first kappa shape index (κ1) is 24.5. The summed E-state index contributed by atoms with van der Waals surface area (Å²) in [5, 5.41) is 6.91. The van der Waals surface area contributed by atoms with Gasteiger partial charge < -0.3 is 14.6 Å². The second kappa shape index (κ2) is 11.2. The van der Waals surface area contributed by atoms with Crippen LogP contribution in [-0.2, 0) is 16.0 Å². The van der Waals surface area contributed by atoms with Crippen molar-refractivity contribution in [2.24, 2.45) is 0 Å². The molecular formula is C26H25ClN4O3S. The summed E-state index contributed by atoms with van der Waals surface area (Å²) in [5.74, 6) is 0.593. The molecule has 0 aliphatic heterocycles. The second-order valence-corrected chi connectivity index (χ2v) is 8.94. The zero-order valence-electron chi connectivity index (χ0n) is 19.3. The van der Waals surface area contributed by atoms with E-state index in [1.54, 1.807) is 17.0 Å². The number of methoxy groups -OCH3 is 1. The zero-order chi connectivity index (χ0) is 24.8. The van der Waals surface area contributed by atoms with Gasteiger partial charge in [0.05, 0.1) is 18.8 Å². The number of aromatic nitrogens is 2. The van der Waals surface area contributed by atoms with Gasteiger partial charge in [0.1, 0.15) is 16.7 Å². The van der Waals surface area contributed by atoms with Gasteiger partial charge in [0.25, 0.3) is 0 Å². The van der Waals surface area contributed by atoms with E-state index in [2.05, 4.69) is 15.0 Å². The molecule has 0 radical (unpaired) electrons. The number of thiophene rings is 1. The first-order valence-corrected chi connectivity index (χ1v) is 12.4. The lowest BCUT2D eigenvalue weighted by Gasteiger charge is -2.30. The van der Waals surface area contributed by atoms with Gasteiger partial charge in [-0.15, -0.1) is 0 Å². The molecule has 0 saturated carbocycles. The van der Waals surface area contributed by atoms with Gasteiger partial charge in [-0.3, -0.25) is 10.1 Å². The second-order valence-electron chi connectivity index (χ2n) is 7.78. The summed E-state index contributed by atoms with van der Waals surface area (Å²) in [6.07, 6.45) is 0.376. The third-order valence-corrected chi connectivity index (χ3v) is 6.47. The number of carbonyl (C=O) groups excluding carboxylic acids is 2. The lowest BCUT2D eigenvalue weighted by atomic mass is 10.0. The van der Waals surface area contributed by atoms with Crippen LogP contribution in [0.5, 0.6) is 0 Å². The monoisotopic (exact) mass is 508 g/mol. The summed E-state index contributed by atoms with van der Waals surface area (Å²) in [5.41, 5.74) is 3.84. The smallest absolute Gasteiger partial charge is 0.411 e. The highest BCUT2D eigenvalue weighted by molar-refractivity contribution is 7.08. The molecule has 4 aromatic rings. The molecule has 2 aromatic heterocycles. The van der Waals surface area contributed by atoms with Crippen molar-refractivity contribution in [3.8, 4) is 11.3 Å². The largest absolute Gasteiger partial charge is 0.453 e. The van der Waals surface area contributed by atoms with Crippen LogP contribution in [0, 0.1) is 0 Å². The maximum absolute atomic E-state index is 13.1. The molecule has 0 bridgehead atoms. The normalized spacial score (nSPS) is 11.6. The number of H-pyrrole nitrogens is 1. The van der Waals surface area contributed by atoms with Crippen LogP contribution in [0.3, 0.4) is 0 Å². The van der Waals surface area contributed by atoms with Gasteiger partial charge in [-0.2, -0.15) is 11.3 Å². The average molecular weight is 509 g/mol. The summed E-state index contributed by atoms with van der Waals surface area (Å²) in [7, 11) is 1.31. The van der Waals surface area contributed by atoms with Gasteiger partial charge in [0, 0.05) is 29.5 Å². The van der Waals surface area contributed by atoms with E-state index in [9.17, 15) is 9.59 Å². The van der Waals surface area contributed by atoms with Crippen molar-refractivity contribution in [1.29, 1.82) is 0 Å². The minimum atomic E-state index is -0.546. The first-order valence-electron chi connectivity index (χ1n) is 11.1. The number of carbonyl (C=O) groups is 2. The standard InChI is InChI=1S/C26H25ClN4O3S/c1-3-22(32)31(20-13-14-35-16-20)21(15-17-7-5-4-6-8-17)25-29-23(24(27)30-25)18-9-11-19(12-10-18)28-26(33)34-2/h4-14,16,21H,3,15H2,1-2H3,(H,28,33)(H,29,30). The average Bonchev–Trinajstić information content (AvgIpc) is 3.54. The predicted molar refractivity (Wildman–Crippen MR) is 140 cm³/mol. The van der Waals surface area contributed by atoms with Gasteiger partial charge in [-0.25, -0.2) is 9.78 Å². The van der Waals surface area contributed by atoms with Gasteiger partial charge >= 0.3 is 6.09 Å². The zero-order valence-corrected chi connectivity index (χ0v) is 20.9. The van der Waals surface area contributed by atoms with E-state index in [1.165, 1.54) is 18.4 Å². The Labute approximate surface area is 212 Å². The molecule has 1 atom stereocenters. The minimum Gasteiger partial charge on any atom is -0.453 e. The molecule has 0 fully saturated rings. The van der Waals surface area contributed by atoms with Crippen LogP contribution < -0.4 is 10.2 Å². The number of aromatic amines is 1. The van der Waals surface area contributed by atoms with Crippen molar-refractivity contribution in [2.45, 2.75) is 25.8 Å². The van der Waals surface area contributed by atoms with E-state index >= 15 is 0 Å². The minimum absolute atomic E-state index is 0.00311. The van der Waals surface area contributed by atoms with Crippen LogP contribution in [0.4, 0.5) is 16.2 Å². The molecule has 0 aliphatic carbocycles. The molecular weight excluding hydrogens is 484 g/mol. The fourth-order valence-electron chi connectivity index (χ4n) is 3.81. The molecule has 0 aliphatic rings. The molecule has 4 rings (SSSR count). The number of rotatable bonds is 8. The number of amides is 2. The first-order chi connectivity index (χ1) is 17.0. The van der Waals surface area contributed by atoms with Gasteiger partial charge in [0.2, 0.25) is 5.91 Å². The van der Waals surface area contributed by atoms with E-state index in [0.29, 0.717) is 35.2 Å². The van der Waals surface area contributed by atoms with Crippen LogP contribution >= 0.6 is 22.9 Å². The number of nitrogens with zero attached hydrogens (tertiary/aromatic N) is 2. The van der Waals surface area contributed by atoms with E-state index in [-0.39, 0.29) is 11.9 Å². The third kappa shape index (κ3) is 5.72. The Bertz CT molecular complexity index is 1270. The highest BCUT2D eigenvalue weighted by Crippen LogP contribution is 2.35. The van der Waals surface area contributed by atoms with Crippen molar-refractivity contribution < 1.29 is 14.3 Å². The molecule has 0 spiro atoms. The Morgan fingerprint density at radius 2 is 1.89 bits per heavy atom. The molecule has 7 nitrogen and oxygen atoms in total. The Hall–Kier alpha value is -3.62. The van der Waals surface area contributed by atoms with Crippen LogP contribution in [0.25, 0.3) is 11.3 Å². The number of anilines is 2. The van der Waals surface area contributed by atoms with Crippen LogP contribution in [0.2, 0.25) is 5.15 Å². The number of hydrogen-bond acceptors (Lipinski definition) is 5. The number of hydrogen-bond donors (Lipinski definition) is 2. The fraction of sp³-hybridized carbons (Fsp3) is 0.192. The van der Waals surface area contributed by atoms with Crippen LogP contribution in [0.1, 0.15) is 30.8 Å².